The van der Waals surface area contributed by atoms with Crippen molar-refractivity contribution in [3.63, 3.8) is 0 Å². The summed E-state index contributed by atoms with van der Waals surface area (Å²) in [5.74, 6) is 1.26. The normalized spacial score (nSPS) is 20.8. The summed E-state index contributed by atoms with van der Waals surface area (Å²) in [5, 5.41) is 8.55. The van der Waals surface area contributed by atoms with Crippen molar-refractivity contribution < 1.29 is 19.0 Å². The molecule has 0 bridgehead atoms. The van der Waals surface area contributed by atoms with Crippen molar-refractivity contribution in [1.82, 2.24) is 0 Å². The molecule has 0 amide bonds. The van der Waals surface area contributed by atoms with Crippen LogP contribution in [0.3, 0.4) is 0 Å². The highest BCUT2D eigenvalue weighted by Crippen LogP contribution is 2.34. The van der Waals surface area contributed by atoms with Crippen molar-refractivity contribution in [2.24, 2.45) is 11.8 Å². The monoisotopic (exact) mass is 336 g/mol. The molecule has 0 aliphatic heterocycles. The third kappa shape index (κ3) is 6.14. The van der Waals surface area contributed by atoms with E-state index in [1.807, 2.05) is 0 Å². The fourth-order valence-electron chi connectivity index (χ4n) is 3.75. The number of unbranched alkanes of at least 4 members (excludes halogenated alkanes) is 2. The molecule has 0 heterocycles. The first-order valence-corrected chi connectivity index (χ1v) is 9.27. The molecule has 1 saturated carbocycles. The molecule has 3 nitrogen and oxygen atoms in total. The summed E-state index contributed by atoms with van der Waals surface area (Å²) in [6.45, 7) is 2.25. The van der Waals surface area contributed by atoms with Crippen LogP contribution in [-0.2, 0) is 6.42 Å². The van der Waals surface area contributed by atoms with E-state index >= 15 is 0 Å². The molecule has 4 heteroatoms. The number of hydrogen-bond acceptors (Lipinski definition) is 2. The van der Waals surface area contributed by atoms with E-state index in [9.17, 15) is 9.18 Å². The van der Waals surface area contributed by atoms with Gasteiger partial charge in [-0.15, -0.1) is 0 Å². The number of rotatable bonds is 8. The average molecular weight is 336 g/mol. The van der Waals surface area contributed by atoms with Gasteiger partial charge in [-0.3, -0.25) is 0 Å². The van der Waals surface area contributed by atoms with E-state index in [1.54, 1.807) is 6.07 Å². The first-order chi connectivity index (χ1) is 11.6. The summed E-state index contributed by atoms with van der Waals surface area (Å²) in [6.07, 6.45) is 10.8. The van der Waals surface area contributed by atoms with Gasteiger partial charge >= 0.3 is 6.16 Å². The number of hydrogen-bond donors (Lipinski definition) is 1. The lowest BCUT2D eigenvalue weighted by Crippen LogP contribution is -2.15. The van der Waals surface area contributed by atoms with Gasteiger partial charge in [-0.05, 0) is 36.3 Å². The molecule has 1 fully saturated rings. The molecule has 0 saturated heterocycles. The summed E-state index contributed by atoms with van der Waals surface area (Å²) < 4.78 is 18.5. The van der Waals surface area contributed by atoms with Gasteiger partial charge in [0.15, 0.2) is 0 Å². The Balaban J connectivity index is 1.73. The maximum absolute atomic E-state index is 14.0. The summed E-state index contributed by atoms with van der Waals surface area (Å²) in [4.78, 5) is 10.5. The van der Waals surface area contributed by atoms with Crippen LogP contribution in [0.25, 0.3) is 0 Å². The molecule has 0 spiro atoms. The second-order valence-electron chi connectivity index (χ2n) is 7.04. The zero-order valence-electron chi connectivity index (χ0n) is 14.6. The zero-order chi connectivity index (χ0) is 17.4. The first kappa shape index (κ1) is 18.8. The van der Waals surface area contributed by atoms with Crippen molar-refractivity contribution in [1.29, 1.82) is 0 Å². The Labute approximate surface area is 144 Å². The van der Waals surface area contributed by atoms with Gasteiger partial charge in [0.1, 0.15) is 11.6 Å². The Bertz CT molecular complexity index is 522. The summed E-state index contributed by atoms with van der Waals surface area (Å²) >= 11 is 0. The fraction of sp³-hybridized carbons (Fsp3) is 0.650. The van der Waals surface area contributed by atoms with Gasteiger partial charge in [-0.25, -0.2) is 9.18 Å². The molecular formula is C20H29FO3. The van der Waals surface area contributed by atoms with Crippen LogP contribution in [0.2, 0.25) is 0 Å². The van der Waals surface area contributed by atoms with E-state index in [1.165, 1.54) is 57.4 Å². The number of aryl methyl sites for hydroxylation is 1. The number of carboxylic acid groups (broad SMARTS) is 1. The highest BCUT2D eigenvalue weighted by Gasteiger charge is 2.21. The third-order valence-corrected chi connectivity index (χ3v) is 5.23. The second kappa shape index (κ2) is 9.65. The van der Waals surface area contributed by atoms with Gasteiger partial charge in [0.25, 0.3) is 0 Å². The first-order valence-electron chi connectivity index (χ1n) is 9.27. The quantitative estimate of drug-likeness (QED) is 0.349. The van der Waals surface area contributed by atoms with Gasteiger partial charge in [0, 0.05) is 6.07 Å². The van der Waals surface area contributed by atoms with Gasteiger partial charge in [0.05, 0.1) is 0 Å². The molecule has 1 aromatic carbocycles. The van der Waals surface area contributed by atoms with Crippen LogP contribution >= 0.6 is 0 Å². The lowest BCUT2D eigenvalue weighted by molar-refractivity contribution is 0.144. The standard InChI is InChI=1S/C20H29FO3/c1-2-3-4-5-15-6-8-16(9-7-15)10-11-17-12-13-18(14-19(17)21)24-20(22)23/h12-16H,2-11H2,1H3,(H,22,23). The fourth-order valence-corrected chi connectivity index (χ4v) is 3.75. The van der Waals surface area contributed by atoms with Crippen LogP contribution in [0.4, 0.5) is 9.18 Å². The van der Waals surface area contributed by atoms with Crippen molar-refractivity contribution in [3.05, 3.63) is 29.6 Å². The molecule has 2 rings (SSSR count). The van der Waals surface area contributed by atoms with Gasteiger partial charge in [-0.1, -0.05) is 64.4 Å². The van der Waals surface area contributed by atoms with E-state index in [2.05, 4.69) is 11.7 Å². The summed E-state index contributed by atoms with van der Waals surface area (Å²) in [5.41, 5.74) is 0.651. The molecule has 24 heavy (non-hydrogen) atoms. The number of halogens is 1. The molecule has 0 atom stereocenters. The zero-order valence-corrected chi connectivity index (χ0v) is 14.6. The number of carbonyl (C=O) groups is 1. The van der Waals surface area contributed by atoms with Crippen LogP contribution in [0.15, 0.2) is 18.2 Å². The Morgan fingerprint density at radius 2 is 1.83 bits per heavy atom. The van der Waals surface area contributed by atoms with Crippen LogP contribution in [0.1, 0.15) is 70.3 Å². The van der Waals surface area contributed by atoms with Crippen LogP contribution in [0, 0.1) is 17.7 Å². The molecule has 0 radical (unpaired) electrons. The van der Waals surface area contributed by atoms with Crippen molar-refractivity contribution >= 4 is 6.16 Å². The number of benzene rings is 1. The second-order valence-corrected chi connectivity index (χ2v) is 7.04. The molecule has 1 aliphatic rings. The molecule has 134 valence electrons. The minimum absolute atomic E-state index is 0.0383. The van der Waals surface area contributed by atoms with Crippen LogP contribution in [0.5, 0.6) is 5.75 Å². The van der Waals surface area contributed by atoms with Crippen LogP contribution < -0.4 is 4.74 Å². The Morgan fingerprint density at radius 3 is 2.42 bits per heavy atom. The minimum atomic E-state index is -1.42. The van der Waals surface area contributed by atoms with Crippen molar-refractivity contribution in [3.8, 4) is 5.75 Å². The molecular weight excluding hydrogens is 307 g/mol. The van der Waals surface area contributed by atoms with E-state index in [4.69, 9.17) is 5.11 Å². The van der Waals surface area contributed by atoms with Crippen LogP contribution in [-0.4, -0.2) is 11.3 Å². The average Bonchev–Trinajstić information content (AvgIpc) is 2.55. The van der Waals surface area contributed by atoms with E-state index < -0.39 is 6.16 Å². The Kier molecular flexibility index (Phi) is 7.54. The summed E-state index contributed by atoms with van der Waals surface area (Å²) in [6, 6.07) is 4.33. The van der Waals surface area contributed by atoms with E-state index in [0.29, 0.717) is 17.9 Å². The topological polar surface area (TPSA) is 46.5 Å². The Hall–Kier alpha value is -1.58. The van der Waals surface area contributed by atoms with Crippen molar-refractivity contribution in [2.45, 2.75) is 71.1 Å². The van der Waals surface area contributed by atoms with E-state index in [0.717, 1.165) is 18.4 Å². The smallest absolute Gasteiger partial charge is 0.449 e. The van der Waals surface area contributed by atoms with Gasteiger partial charge in [-0.2, -0.15) is 0 Å². The highest BCUT2D eigenvalue weighted by atomic mass is 19.1. The largest absolute Gasteiger partial charge is 0.511 e. The maximum atomic E-state index is 14.0. The van der Waals surface area contributed by atoms with E-state index in [-0.39, 0.29) is 11.6 Å². The molecule has 1 aliphatic carbocycles. The molecule has 0 aromatic heterocycles. The minimum Gasteiger partial charge on any atom is -0.449 e. The Morgan fingerprint density at radius 1 is 1.17 bits per heavy atom. The van der Waals surface area contributed by atoms with Gasteiger partial charge in [0.2, 0.25) is 0 Å². The SMILES string of the molecule is CCCCCC1CCC(CCc2ccc(OC(=O)O)cc2F)CC1. The predicted molar refractivity (Wildman–Crippen MR) is 93.0 cm³/mol. The highest BCUT2D eigenvalue weighted by molar-refractivity contribution is 5.61. The third-order valence-electron chi connectivity index (χ3n) is 5.23. The molecule has 1 N–H and O–H groups in total. The molecule has 1 aromatic rings. The maximum Gasteiger partial charge on any atom is 0.511 e. The van der Waals surface area contributed by atoms with Gasteiger partial charge < -0.3 is 9.84 Å². The predicted octanol–water partition coefficient (Wildman–Crippen LogP) is 6.20. The molecule has 0 unspecified atom stereocenters. The lowest BCUT2D eigenvalue weighted by Gasteiger charge is -2.28. The van der Waals surface area contributed by atoms with Crippen molar-refractivity contribution in [2.75, 3.05) is 0 Å². The summed E-state index contributed by atoms with van der Waals surface area (Å²) in [7, 11) is 0. The lowest BCUT2D eigenvalue weighted by atomic mass is 9.78. The number of ether oxygens (including phenoxy) is 1.